The average Bonchev–Trinajstić information content (AvgIpc) is 3.13. The second-order valence-electron chi connectivity index (χ2n) is 6.90. The molecule has 1 amide bonds. The van der Waals surface area contributed by atoms with Crippen molar-refractivity contribution in [3.63, 3.8) is 0 Å². The predicted molar refractivity (Wildman–Crippen MR) is 105 cm³/mol. The number of ether oxygens (including phenoxy) is 1. The van der Waals surface area contributed by atoms with Crippen molar-refractivity contribution in [1.29, 1.82) is 0 Å². The zero-order valence-corrected chi connectivity index (χ0v) is 17.3. The van der Waals surface area contributed by atoms with E-state index in [0.29, 0.717) is 25.2 Å². The molecule has 1 saturated heterocycles. The molecule has 0 aliphatic carbocycles. The predicted octanol–water partition coefficient (Wildman–Crippen LogP) is 2.82. The first kappa shape index (κ1) is 20.0. The minimum absolute atomic E-state index is 0.140. The van der Waals surface area contributed by atoms with Crippen molar-refractivity contribution in [2.24, 2.45) is 0 Å². The maximum absolute atomic E-state index is 12.9. The highest BCUT2D eigenvalue weighted by Gasteiger charge is 2.32. The van der Waals surface area contributed by atoms with Crippen LogP contribution >= 0.6 is 11.3 Å². The Morgan fingerprint density at radius 1 is 1.19 bits per heavy atom. The lowest BCUT2D eigenvalue weighted by atomic mass is 10.2. The molecule has 0 saturated carbocycles. The van der Waals surface area contributed by atoms with Gasteiger partial charge in [-0.05, 0) is 60.5 Å². The van der Waals surface area contributed by atoms with Crippen molar-refractivity contribution in [3.8, 4) is 0 Å². The molecular weight excluding hydrogens is 384 g/mol. The number of hydrogen-bond acceptors (Lipinski definition) is 5. The lowest BCUT2D eigenvalue weighted by Gasteiger charge is -2.34. The first-order valence-corrected chi connectivity index (χ1v) is 11.2. The van der Waals surface area contributed by atoms with Gasteiger partial charge >= 0.3 is 0 Å². The molecule has 0 N–H and O–H groups in total. The number of amides is 1. The van der Waals surface area contributed by atoms with Crippen LogP contribution < -0.4 is 0 Å². The SMILES string of the molecule is C[C@@H]1CN(S(=O)(=O)c2ccc(C(=O)N(C)Cc3ccsc3)cc2)C[C@H](C)O1. The Kier molecular flexibility index (Phi) is 6.00. The third kappa shape index (κ3) is 4.57. The van der Waals surface area contributed by atoms with Crippen LogP contribution in [-0.4, -0.2) is 55.9 Å². The van der Waals surface area contributed by atoms with Gasteiger partial charge in [0, 0.05) is 32.2 Å². The minimum atomic E-state index is -3.60. The molecule has 3 rings (SSSR count). The molecule has 1 aromatic carbocycles. The number of hydrogen-bond donors (Lipinski definition) is 0. The number of sulfonamides is 1. The summed E-state index contributed by atoms with van der Waals surface area (Å²) >= 11 is 1.59. The van der Waals surface area contributed by atoms with Crippen molar-refractivity contribution in [2.45, 2.75) is 37.5 Å². The van der Waals surface area contributed by atoms with E-state index in [4.69, 9.17) is 4.74 Å². The third-order valence-electron chi connectivity index (χ3n) is 4.47. The number of thiophene rings is 1. The molecule has 8 heteroatoms. The summed E-state index contributed by atoms with van der Waals surface area (Å²) in [4.78, 5) is 14.4. The van der Waals surface area contributed by atoms with E-state index in [0.717, 1.165) is 5.56 Å². The van der Waals surface area contributed by atoms with Crippen molar-refractivity contribution in [1.82, 2.24) is 9.21 Å². The molecule has 1 aliphatic rings. The van der Waals surface area contributed by atoms with E-state index in [2.05, 4.69) is 0 Å². The summed E-state index contributed by atoms with van der Waals surface area (Å²) in [6.07, 6.45) is -0.287. The van der Waals surface area contributed by atoms with Crippen molar-refractivity contribution in [3.05, 3.63) is 52.2 Å². The summed E-state index contributed by atoms with van der Waals surface area (Å²) in [6, 6.07) is 8.14. The van der Waals surface area contributed by atoms with Crippen molar-refractivity contribution >= 4 is 27.3 Å². The first-order valence-electron chi connectivity index (χ1n) is 8.79. The second-order valence-corrected chi connectivity index (χ2v) is 9.61. The molecule has 146 valence electrons. The zero-order valence-electron chi connectivity index (χ0n) is 15.7. The van der Waals surface area contributed by atoms with Gasteiger partial charge in [0.1, 0.15) is 0 Å². The summed E-state index contributed by atoms with van der Waals surface area (Å²) in [6.45, 7) is 4.91. The van der Waals surface area contributed by atoms with Gasteiger partial charge in [0.15, 0.2) is 0 Å². The van der Waals surface area contributed by atoms with Crippen LogP contribution in [0.4, 0.5) is 0 Å². The quantitative estimate of drug-likeness (QED) is 0.763. The standard InChI is InChI=1S/C19H24N2O4S2/c1-14-10-21(11-15(2)25-14)27(23,24)18-6-4-17(5-7-18)19(22)20(3)12-16-8-9-26-13-16/h4-9,13-15H,10-12H2,1-3H3/t14-,15+. The van der Waals surface area contributed by atoms with Crippen LogP contribution in [0.1, 0.15) is 29.8 Å². The second kappa shape index (κ2) is 8.10. The van der Waals surface area contributed by atoms with E-state index in [9.17, 15) is 13.2 Å². The molecule has 2 aromatic rings. The van der Waals surface area contributed by atoms with Crippen LogP contribution in [0.5, 0.6) is 0 Å². The molecule has 27 heavy (non-hydrogen) atoms. The van der Waals surface area contributed by atoms with Gasteiger partial charge in [-0.15, -0.1) is 0 Å². The number of carbonyl (C=O) groups is 1. The fourth-order valence-electron chi connectivity index (χ4n) is 3.19. The summed E-state index contributed by atoms with van der Waals surface area (Å²) in [7, 11) is -1.86. The molecule has 2 atom stereocenters. The molecule has 0 bridgehead atoms. The monoisotopic (exact) mass is 408 g/mol. The Balaban J connectivity index is 1.73. The van der Waals surface area contributed by atoms with Gasteiger partial charge in [-0.25, -0.2) is 8.42 Å². The van der Waals surface area contributed by atoms with E-state index >= 15 is 0 Å². The van der Waals surface area contributed by atoms with Crippen LogP contribution in [0.25, 0.3) is 0 Å². The third-order valence-corrected chi connectivity index (χ3v) is 7.05. The number of carbonyl (C=O) groups excluding carboxylic acids is 1. The van der Waals surface area contributed by atoms with Gasteiger partial charge in [0.2, 0.25) is 10.0 Å². The van der Waals surface area contributed by atoms with E-state index < -0.39 is 10.0 Å². The number of morpholine rings is 1. The summed E-state index contributed by atoms with van der Waals surface area (Å²) in [5, 5.41) is 3.98. The lowest BCUT2D eigenvalue weighted by molar-refractivity contribution is -0.0440. The molecule has 2 heterocycles. The van der Waals surface area contributed by atoms with E-state index in [1.807, 2.05) is 30.7 Å². The molecule has 0 spiro atoms. The molecule has 1 aromatic heterocycles. The van der Waals surface area contributed by atoms with Gasteiger partial charge in [-0.1, -0.05) is 0 Å². The molecule has 1 fully saturated rings. The Morgan fingerprint density at radius 2 is 1.81 bits per heavy atom. The van der Waals surface area contributed by atoms with Crippen LogP contribution in [0.3, 0.4) is 0 Å². The molecular formula is C19H24N2O4S2. The van der Waals surface area contributed by atoms with Gasteiger partial charge in [0.05, 0.1) is 17.1 Å². The number of benzene rings is 1. The first-order chi connectivity index (χ1) is 12.8. The molecule has 0 unspecified atom stereocenters. The summed E-state index contributed by atoms with van der Waals surface area (Å²) in [5.74, 6) is -0.140. The lowest BCUT2D eigenvalue weighted by Crippen LogP contribution is -2.48. The van der Waals surface area contributed by atoms with Gasteiger partial charge < -0.3 is 9.64 Å². The van der Waals surface area contributed by atoms with Crippen LogP contribution in [-0.2, 0) is 21.3 Å². The zero-order chi connectivity index (χ0) is 19.6. The Morgan fingerprint density at radius 3 is 2.37 bits per heavy atom. The Labute approximate surface area is 164 Å². The minimum Gasteiger partial charge on any atom is -0.373 e. The fraction of sp³-hybridized carbons (Fsp3) is 0.421. The number of nitrogens with zero attached hydrogens (tertiary/aromatic N) is 2. The van der Waals surface area contributed by atoms with E-state index in [1.54, 1.807) is 35.4 Å². The summed E-state index contributed by atoms with van der Waals surface area (Å²) in [5.41, 5.74) is 1.54. The fourth-order valence-corrected chi connectivity index (χ4v) is 5.44. The van der Waals surface area contributed by atoms with Crippen LogP contribution in [0.15, 0.2) is 46.0 Å². The normalized spacial score (nSPS) is 21.1. The van der Waals surface area contributed by atoms with Gasteiger partial charge in [-0.3, -0.25) is 4.79 Å². The summed E-state index contributed by atoms with van der Waals surface area (Å²) < 4.78 is 32.8. The highest BCUT2D eigenvalue weighted by Crippen LogP contribution is 2.22. The highest BCUT2D eigenvalue weighted by molar-refractivity contribution is 7.89. The smallest absolute Gasteiger partial charge is 0.253 e. The maximum atomic E-state index is 12.9. The molecule has 0 radical (unpaired) electrons. The van der Waals surface area contributed by atoms with Crippen molar-refractivity contribution in [2.75, 3.05) is 20.1 Å². The van der Waals surface area contributed by atoms with E-state index in [-0.39, 0.29) is 23.0 Å². The topological polar surface area (TPSA) is 66.9 Å². The number of rotatable bonds is 5. The Bertz CT molecular complexity index is 869. The highest BCUT2D eigenvalue weighted by atomic mass is 32.2. The van der Waals surface area contributed by atoms with E-state index in [1.165, 1.54) is 16.4 Å². The molecule has 1 aliphatic heterocycles. The van der Waals surface area contributed by atoms with Gasteiger partial charge in [-0.2, -0.15) is 15.6 Å². The largest absolute Gasteiger partial charge is 0.373 e. The average molecular weight is 409 g/mol. The Hall–Kier alpha value is -1.74. The van der Waals surface area contributed by atoms with Crippen LogP contribution in [0, 0.1) is 0 Å². The van der Waals surface area contributed by atoms with Gasteiger partial charge in [0.25, 0.3) is 5.91 Å². The van der Waals surface area contributed by atoms with Crippen LogP contribution in [0.2, 0.25) is 0 Å². The molecule has 6 nitrogen and oxygen atoms in total. The maximum Gasteiger partial charge on any atom is 0.253 e. The van der Waals surface area contributed by atoms with Crippen molar-refractivity contribution < 1.29 is 17.9 Å².